The number of rotatable bonds is 2. The van der Waals surface area contributed by atoms with Gasteiger partial charge in [-0.2, -0.15) is 0 Å². The highest BCUT2D eigenvalue weighted by molar-refractivity contribution is 5.88. The molecule has 0 amide bonds. The van der Waals surface area contributed by atoms with E-state index < -0.39 is 18.0 Å². The topological polar surface area (TPSA) is 53.1 Å². The summed E-state index contributed by atoms with van der Waals surface area (Å²) in [5.41, 5.74) is 0.451. The maximum absolute atomic E-state index is 13.2. The van der Waals surface area contributed by atoms with E-state index in [1.54, 1.807) is 0 Å². The molecule has 78 valence electrons. The summed E-state index contributed by atoms with van der Waals surface area (Å²) in [7, 11) is 0. The Hall–Kier alpha value is -1.91. The van der Waals surface area contributed by atoms with Crippen molar-refractivity contribution in [1.29, 1.82) is 0 Å². The highest BCUT2D eigenvalue weighted by Gasteiger charge is 2.21. The molecule has 3 nitrogen and oxygen atoms in total. The lowest BCUT2D eigenvalue weighted by molar-refractivity contribution is -0.142. The van der Waals surface area contributed by atoms with Crippen LogP contribution in [0.5, 0.6) is 0 Å². The average molecular weight is 211 g/mol. The van der Waals surface area contributed by atoms with Crippen LogP contribution in [0.2, 0.25) is 0 Å². The molecule has 0 saturated carbocycles. The summed E-state index contributed by atoms with van der Waals surface area (Å²) in [6.07, 6.45) is -0.899. The molecule has 2 rings (SSSR count). The summed E-state index contributed by atoms with van der Waals surface area (Å²) in [5, 5.41) is 8.75. The summed E-state index contributed by atoms with van der Waals surface area (Å²) in [5.74, 6) is -2.11. The first-order valence-corrected chi connectivity index (χ1v) is 4.23. The van der Waals surface area contributed by atoms with E-state index >= 15 is 0 Å². The molecule has 0 radical (unpaired) electrons. The number of aromatic nitrogens is 1. The molecule has 0 aliphatic carbocycles. The first kappa shape index (κ1) is 9.64. The van der Waals surface area contributed by atoms with Crippen LogP contribution in [0, 0.1) is 5.82 Å². The second-order valence-electron chi connectivity index (χ2n) is 3.13. The van der Waals surface area contributed by atoms with Gasteiger partial charge in [0, 0.05) is 22.7 Å². The van der Waals surface area contributed by atoms with E-state index in [0.29, 0.717) is 5.52 Å². The molecule has 1 unspecified atom stereocenters. The van der Waals surface area contributed by atoms with Gasteiger partial charge in [0.2, 0.25) is 6.17 Å². The molecule has 2 N–H and O–H groups in total. The summed E-state index contributed by atoms with van der Waals surface area (Å²) >= 11 is 0. The lowest BCUT2D eigenvalue weighted by Crippen LogP contribution is -2.05. The van der Waals surface area contributed by atoms with Crippen molar-refractivity contribution >= 4 is 16.9 Å². The molecule has 0 bridgehead atoms. The number of carboxylic acids is 1. The minimum Gasteiger partial charge on any atom is -0.479 e. The number of carboxylic acid groups (broad SMARTS) is 1. The second kappa shape index (κ2) is 3.34. The van der Waals surface area contributed by atoms with E-state index in [2.05, 4.69) is 4.98 Å². The molecular weight excluding hydrogens is 204 g/mol. The first-order chi connectivity index (χ1) is 7.09. The van der Waals surface area contributed by atoms with Gasteiger partial charge in [0.05, 0.1) is 0 Å². The number of benzene rings is 1. The van der Waals surface area contributed by atoms with E-state index in [1.807, 2.05) is 0 Å². The maximum Gasteiger partial charge on any atom is 0.343 e. The Kier molecular flexibility index (Phi) is 2.15. The Morgan fingerprint density at radius 1 is 1.47 bits per heavy atom. The molecule has 0 fully saturated rings. The number of H-pyrrole nitrogens is 1. The monoisotopic (exact) mass is 211 g/mol. The lowest BCUT2D eigenvalue weighted by atomic mass is 10.1. The van der Waals surface area contributed by atoms with Crippen LogP contribution >= 0.6 is 0 Å². The summed E-state index contributed by atoms with van der Waals surface area (Å²) in [4.78, 5) is 13.1. The van der Waals surface area contributed by atoms with E-state index in [9.17, 15) is 13.6 Å². The number of carbonyl (C=O) groups is 1. The van der Waals surface area contributed by atoms with Gasteiger partial charge < -0.3 is 10.1 Å². The fraction of sp³-hybridized carbons (Fsp3) is 0.100. The third-order valence-electron chi connectivity index (χ3n) is 2.17. The van der Waals surface area contributed by atoms with Crippen molar-refractivity contribution < 1.29 is 18.7 Å². The zero-order chi connectivity index (χ0) is 11.0. The largest absolute Gasteiger partial charge is 0.479 e. The quantitative estimate of drug-likeness (QED) is 0.801. The third-order valence-corrected chi connectivity index (χ3v) is 2.17. The molecule has 1 heterocycles. The van der Waals surface area contributed by atoms with Crippen molar-refractivity contribution in [1.82, 2.24) is 4.98 Å². The molecule has 0 aliphatic heterocycles. The Labute approximate surface area is 83.3 Å². The fourth-order valence-electron chi connectivity index (χ4n) is 1.46. The number of fused-ring (bicyclic) bond motifs is 1. The fourth-order valence-corrected chi connectivity index (χ4v) is 1.46. The average Bonchev–Trinajstić information content (AvgIpc) is 2.59. The van der Waals surface area contributed by atoms with E-state index in [4.69, 9.17) is 5.11 Å². The van der Waals surface area contributed by atoms with Gasteiger partial charge >= 0.3 is 5.97 Å². The molecule has 0 spiro atoms. The van der Waals surface area contributed by atoms with Gasteiger partial charge in [-0.05, 0) is 18.2 Å². The van der Waals surface area contributed by atoms with Gasteiger partial charge in [0.25, 0.3) is 0 Å². The van der Waals surface area contributed by atoms with E-state index in [-0.39, 0.29) is 10.9 Å². The molecule has 1 aromatic carbocycles. The molecule has 0 saturated heterocycles. The highest BCUT2D eigenvalue weighted by Crippen LogP contribution is 2.27. The number of alkyl halides is 1. The smallest absolute Gasteiger partial charge is 0.343 e. The second-order valence-corrected chi connectivity index (χ2v) is 3.13. The van der Waals surface area contributed by atoms with Gasteiger partial charge in [0.1, 0.15) is 5.82 Å². The molecular formula is C10H7F2NO2. The Bertz CT molecular complexity index is 521. The van der Waals surface area contributed by atoms with Gasteiger partial charge in [0.15, 0.2) is 0 Å². The van der Waals surface area contributed by atoms with Gasteiger partial charge in [-0.3, -0.25) is 0 Å². The van der Waals surface area contributed by atoms with E-state index in [0.717, 1.165) is 6.07 Å². The van der Waals surface area contributed by atoms with Crippen LogP contribution in [0.15, 0.2) is 24.4 Å². The SMILES string of the molecule is O=C(O)C(F)c1c[nH]c2ccc(F)cc12. The normalized spacial score (nSPS) is 12.9. The summed E-state index contributed by atoms with van der Waals surface area (Å²) in [6.45, 7) is 0. The number of aliphatic carboxylic acids is 1. The van der Waals surface area contributed by atoms with E-state index in [1.165, 1.54) is 18.3 Å². The predicted octanol–water partition coefficient (Wildman–Crippen LogP) is 2.40. The minimum atomic E-state index is -2.14. The number of hydrogen-bond donors (Lipinski definition) is 2. The summed E-state index contributed by atoms with van der Waals surface area (Å²) in [6, 6.07) is 3.76. The van der Waals surface area contributed by atoms with Gasteiger partial charge in [-0.15, -0.1) is 0 Å². The van der Waals surface area contributed by atoms with Crippen molar-refractivity contribution in [2.75, 3.05) is 0 Å². The van der Waals surface area contributed by atoms with Crippen molar-refractivity contribution in [3.63, 3.8) is 0 Å². The van der Waals surface area contributed by atoms with Crippen molar-refractivity contribution in [2.24, 2.45) is 0 Å². The number of halogens is 2. The van der Waals surface area contributed by atoms with Crippen LogP contribution in [-0.4, -0.2) is 16.1 Å². The van der Waals surface area contributed by atoms with Crippen LogP contribution in [-0.2, 0) is 4.79 Å². The third kappa shape index (κ3) is 1.56. The number of hydrogen-bond acceptors (Lipinski definition) is 1. The lowest BCUT2D eigenvalue weighted by Gasteiger charge is -2.00. The molecule has 1 atom stereocenters. The minimum absolute atomic E-state index is 0.0583. The molecule has 15 heavy (non-hydrogen) atoms. The highest BCUT2D eigenvalue weighted by atomic mass is 19.1. The van der Waals surface area contributed by atoms with Crippen molar-refractivity contribution in [3.8, 4) is 0 Å². The first-order valence-electron chi connectivity index (χ1n) is 4.23. The van der Waals surface area contributed by atoms with Crippen LogP contribution in [0.25, 0.3) is 10.9 Å². The molecule has 5 heteroatoms. The van der Waals surface area contributed by atoms with Crippen LogP contribution in [0.3, 0.4) is 0 Å². The maximum atomic E-state index is 13.2. The number of aromatic amines is 1. The van der Waals surface area contributed by atoms with Gasteiger partial charge in [-0.1, -0.05) is 0 Å². The van der Waals surface area contributed by atoms with Crippen LogP contribution in [0.4, 0.5) is 8.78 Å². The summed E-state index contributed by atoms with van der Waals surface area (Å²) < 4.78 is 26.1. The molecule has 2 aromatic rings. The Morgan fingerprint density at radius 2 is 2.20 bits per heavy atom. The van der Waals surface area contributed by atoms with Crippen molar-refractivity contribution in [3.05, 3.63) is 35.8 Å². The zero-order valence-corrected chi connectivity index (χ0v) is 7.50. The Balaban J connectivity index is 2.61. The number of nitrogens with one attached hydrogen (secondary N) is 1. The molecule has 1 aromatic heterocycles. The predicted molar refractivity (Wildman–Crippen MR) is 49.7 cm³/mol. The van der Waals surface area contributed by atoms with Gasteiger partial charge in [-0.25, -0.2) is 13.6 Å². The van der Waals surface area contributed by atoms with Crippen LogP contribution in [0.1, 0.15) is 11.7 Å². The standard InChI is InChI=1S/C10H7F2NO2/c11-5-1-2-8-6(3-5)7(4-13-8)9(12)10(14)15/h1-4,9,13H,(H,14,15). The zero-order valence-electron chi connectivity index (χ0n) is 7.50. The molecule has 0 aliphatic rings. The van der Waals surface area contributed by atoms with Crippen LogP contribution < -0.4 is 0 Å². The van der Waals surface area contributed by atoms with Crippen molar-refractivity contribution in [2.45, 2.75) is 6.17 Å². The Morgan fingerprint density at radius 3 is 2.87 bits per heavy atom.